The fourth-order valence-electron chi connectivity index (χ4n) is 0.973. The lowest BCUT2D eigenvalue weighted by molar-refractivity contribution is -0.123. The van der Waals surface area contributed by atoms with Crippen molar-refractivity contribution in [3.63, 3.8) is 0 Å². The monoisotopic (exact) mass is 207 g/mol. The van der Waals surface area contributed by atoms with E-state index in [0.29, 0.717) is 12.4 Å². The summed E-state index contributed by atoms with van der Waals surface area (Å²) in [5, 5.41) is 2.75. The molecule has 0 aromatic carbocycles. The zero-order valence-electron chi connectivity index (χ0n) is 9.37. The van der Waals surface area contributed by atoms with E-state index in [4.69, 9.17) is 5.73 Å². The first-order chi connectivity index (χ1) is 6.93. The van der Waals surface area contributed by atoms with Crippen LogP contribution in [-0.2, 0) is 11.3 Å². The number of amides is 1. The molecule has 0 bridgehead atoms. The van der Waals surface area contributed by atoms with Crippen LogP contribution < -0.4 is 11.1 Å². The van der Waals surface area contributed by atoms with Gasteiger partial charge in [-0.3, -0.25) is 4.79 Å². The minimum Gasteiger partial charge on any atom is -0.326 e. The van der Waals surface area contributed by atoms with Gasteiger partial charge < -0.3 is 11.1 Å². The maximum Gasteiger partial charge on any atom is 0.230 e. The second kappa shape index (κ2) is 4.40. The van der Waals surface area contributed by atoms with Gasteiger partial charge in [-0.15, -0.1) is 0 Å². The first kappa shape index (κ1) is 11.7. The van der Waals surface area contributed by atoms with Gasteiger partial charge >= 0.3 is 0 Å². The molecule has 3 N–H and O–H groups in total. The number of nitrogens with two attached hydrogens (primary N) is 1. The molecule has 82 valence electrons. The molecule has 1 aromatic rings. The predicted molar refractivity (Wildman–Crippen MR) is 60.2 cm³/mol. The Morgan fingerprint density at radius 3 is 2.73 bits per heavy atom. The third-order valence-electron chi connectivity index (χ3n) is 1.98. The van der Waals surface area contributed by atoms with Gasteiger partial charge in [0.2, 0.25) is 5.91 Å². The van der Waals surface area contributed by atoms with Crippen molar-refractivity contribution in [1.29, 1.82) is 0 Å². The number of nitrogens with zero attached hydrogens (tertiary/aromatic N) is 1. The predicted octanol–water partition coefficient (Wildman–Crippen LogP) is 1.52. The molecule has 0 saturated heterocycles. The average Bonchev–Trinajstić information content (AvgIpc) is 2.16. The maximum atomic E-state index is 11.7. The van der Waals surface area contributed by atoms with Gasteiger partial charge in [0.15, 0.2) is 0 Å². The molecule has 1 rings (SSSR count). The van der Waals surface area contributed by atoms with Crippen LogP contribution in [0.5, 0.6) is 0 Å². The first-order valence-corrected chi connectivity index (χ1v) is 4.90. The van der Waals surface area contributed by atoms with E-state index >= 15 is 0 Å². The van der Waals surface area contributed by atoms with Gasteiger partial charge in [-0.1, -0.05) is 20.8 Å². The number of nitrogens with one attached hydrogen (secondary N) is 1. The SMILES string of the molecule is CC(C)(C)C(=O)Nc1cc(CN)ccn1. The van der Waals surface area contributed by atoms with Crippen molar-refractivity contribution >= 4 is 11.7 Å². The van der Waals surface area contributed by atoms with Crippen LogP contribution in [0, 0.1) is 5.41 Å². The number of carbonyl (C=O) groups excluding carboxylic acids is 1. The van der Waals surface area contributed by atoms with E-state index in [-0.39, 0.29) is 5.91 Å². The zero-order valence-corrected chi connectivity index (χ0v) is 9.37. The van der Waals surface area contributed by atoms with Crippen LogP contribution in [0.4, 0.5) is 5.82 Å². The summed E-state index contributed by atoms with van der Waals surface area (Å²) in [4.78, 5) is 15.7. The Morgan fingerprint density at radius 1 is 1.53 bits per heavy atom. The molecule has 4 nitrogen and oxygen atoms in total. The van der Waals surface area contributed by atoms with E-state index in [0.717, 1.165) is 5.56 Å². The number of carbonyl (C=O) groups is 1. The van der Waals surface area contributed by atoms with Crippen LogP contribution in [-0.4, -0.2) is 10.9 Å². The lowest BCUT2D eigenvalue weighted by Gasteiger charge is -2.17. The summed E-state index contributed by atoms with van der Waals surface area (Å²) in [7, 11) is 0. The molecule has 0 atom stereocenters. The molecule has 0 radical (unpaired) electrons. The summed E-state index contributed by atoms with van der Waals surface area (Å²) < 4.78 is 0. The summed E-state index contributed by atoms with van der Waals surface area (Å²) >= 11 is 0. The summed E-state index contributed by atoms with van der Waals surface area (Å²) in [6, 6.07) is 3.61. The molecular formula is C11H17N3O. The molecule has 0 fully saturated rings. The van der Waals surface area contributed by atoms with Crippen molar-refractivity contribution < 1.29 is 4.79 Å². The van der Waals surface area contributed by atoms with Gasteiger partial charge in [0.05, 0.1) is 0 Å². The van der Waals surface area contributed by atoms with Crippen LogP contribution in [0.15, 0.2) is 18.3 Å². The Bertz CT molecular complexity index is 355. The molecule has 0 aliphatic rings. The zero-order chi connectivity index (χ0) is 11.5. The fraction of sp³-hybridized carbons (Fsp3) is 0.455. The van der Waals surface area contributed by atoms with E-state index in [9.17, 15) is 4.79 Å². The second-order valence-electron chi connectivity index (χ2n) is 4.46. The Labute approximate surface area is 89.9 Å². The van der Waals surface area contributed by atoms with Gasteiger partial charge in [-0.2, -0.15) is 0 Å². The number of pyridine rings is 1. The molecule has 4 heteroatoms. The van der Waals surface area contributed by atoms with E-state index in [1.165, 1.54) is 0 Å². The Morgan fingerprint density at radius 2 is 2.20 bits per heavy atom. The van der Waals surface area contributed by atoms with Crippen molar-refractivity contribution in [2.24, 2.45) is 11.1 Å². The second-order valence-corrected chi connectivity index (χ2v) is 4.46. The molecule has 0 unspecified atom stereocenters. The number of anilines is 1. The van der Waals surface area contributed by atoms with Gasteiger partial charge in [-0.25, -0.2) is 4.98 Å². The minimum absolute atomic E-state index is 0.0517. The quantitative estimate of drug-likeness (QED) is 0.772. The molecule has 1 heterocycles. The molecule has 0 aliphatic carbocycles. The molecule has 1 aromatic heterocycles. The van der Waals surface area contributed by atoms with Gasteiger partial charge in [-0.05, 0) is 17.7 Å². The molecule has 0 aliphatic heterocycles. The number of hydrogen-bond acceptors (Lipinski definition) is 3. The van der Waals surface area contributed by atoms with Crippen LogP contribution in [0.25, 0.3) is 0 Å². The van der Waals surface area contributed by atoms with Crippen LogP contribution in [0.1, 0.15) is 26.3 Å². The van der Waals surface area contributed by atoms with Gasteiger partial charge in [0, 0.05) is 18.2 Å². The highest BCUT2D eigenvalue weighted by Crippen LogP contribution is 2.16. The van der Waals surface area contributed by atoms with Crippen LogP contribution in [0.2, 0.25) is 0 Å². The van der Waals surface area contributed by atoms with Gasteiger partial charge in [0.1, 0.15) is 5.82 Å². The Hall–Kier alpha value is -1.42. The summed E-state index contributed by atoms with van der Waals surface area (Å²) in [6.07, 6.45) is 1.64. The normalized spacial score (nSPS) is 11.2. The maximum absolute atomic E-state index is 11.7. The Balaban J connectivity index is 2.77. The third kappa shape index (κ3) is 3.32. The molecule has 15 heavy (non-hydrogen) atoms. The Kier molecular flexibility index (Phi) is 3.42. The smallest absolute Gasteiger partial charge is 0.230 e. The topological polar surface area (TPSA) is 68.0 Å². The third-order valence-corrected chi connectivity index (χ3v) is 1.98. The van der Waals surface area contributed by atoms with Crippen molar-refractivity contribution in [2.75, 3.05) is 5.32 Å². The average molecular weight is 207 g/mol. The molecule has 0 saturated carbocycles. The fourth-order valence-corrected chi connectivity index (χ4v) is 0.973. The van der Waals surface area contributed by atoms with Gasteiger partial charge in [0.25, 0.3) is 0 Å². The summed E-state index contributed by atoms with van der Waals surface area (Å²) in [5.41, 5.74) is 6.03. The van der Waals surface area contributed by atoms with Crippen molar-refractivity contribution in [1.82, 2.24) is 4.98 Å². The van der Waals surface area contributed by atoms with Crippen LogP contribution in [0.3, 0.4) is 0 Å². The number of hydrogen-bond donors (Lipinski definition) is 2. The van der Waals surface area contributed by atoms with Crippen LogP contribution >= 0.6 is 0 Å². The summed E-state index contributed by atoms with van der Waals surface area (Å²) in [5.74, 6) is 0.502. The highest BCUT2D eigenvalue weighted by molar-refractivity contribution is 5.93. The molecule has 0 spiro atoms. The molecule has 1 amide bonds. The first-order valence-electron chi connectivity index (χ1n) is 4.90. The summed E-state index contributed by atoms with van der Waals surface area (Å²) in [6.45, 7) is 6.01. The minimum atomic E-state index is -0.416. The van der Waals surface area contributed by atoms with E-state index in [2.05, 4.69) is 10.3 Å². The van der Waals surface area contributed by atoms with E-state index in [1.54, 1.807) is 12.3 Å². The standard InChI is InChI=1S/C11H17N3O/c1-11(2,3)10(15)14-9-6-8(7-12)4-5-13-9/h4-6H,7,12H2,1-3H3,(H,13,14,15). The van der Waals surface area contributed by atoms with Crippen molar-refractivity contribution in [2.45, 2.75) is 27.3 Å². The number of aromatic nitrogens is 1. The molecular weight excluding hydrogens is 190 g/mol. The highest BCUT2D eigenvalue weighted by Gasteiger charge is 2.21. The van der Waals surface area contributed by atoms with E-state index in [1.807, 2.05) is 26.8 Å². The number of rotatable bonds is 2. The van der Waals surface area contributed by atoms with E-state index < -0.39 is 5.41 Å². The lowest BCUT2D eigenvalue weighted by atomic mass is 9.96. The lowest BCUT2D eigenvalue weighted by Crippen LogP contribution is -2.28. The largest absolute Gasteiger partial charge is 0.326 e. The van der Waals surface area contributed by atoms with Crippen molar-refractivity contribution in [3.05, 3.63) is 23.9 Å². The van der Waals surface area contributed by atoms with Crippen molar-refractivity contribution in [3.8, 4) is 0 Å². The highest BCUT2D eigenvalue weighted by atomic mass is 16.2.